The Morgan fingerprint density at radius 1 is 1.46 bits per heavy atom. The quantitative estimate of drug-likeness (QED) is 0.866. The van der Waals surface area contributed by atoms with Gasteiger partial charge in [0.05, 0.1) is 0 Å². The summed E-state index contributed by atoms with van der Waals surface area (Å²) >= 11 is 3.45. The second-order valence-electron chi connectivity index (χ2n) is 3.59. The minimum atomic E-state index is 0.294. The first-order chi connectivity index (χ1) is 6.09. The van der Waals surface area contributed by atoms with Crippen LogP contribution in [0.1, 0.15) is 24.5 Å². The predicted octanol–water partition coefficient (Wildman–Crippen LogP) is 3.04. The van der Waals surface area contributed by atoms with E-state index in [0.717, 1.165) is 17.3 Å². The average Bonchev–Trinajstić information content (AvgIpc) is 2.02. The zero-order valence-corrected chi connectivity index (χ0v) is 9.76. The maximum Gasteiger partial charge on any atom is 0.0178 e. The first kappa shape index (κ1) is 10.7. The molecule has 0 aliphatic rings. The Morgan fingerprint density at radius 3 is 2.69 bits per heavy atom. The zero-order valence-electron chi connectivity index (χ0n) is 8.18. The van der Waals surface area contributed by atoms with Crippen LogP contribution in [-0.2, 0) is 6.42 Å². The van der Waals surface area contributed by atoms with Crippen molar-refractivity contribution in [3.8, 4) is 0 Å². The third-order valence-electron chi connectivity index (χ3n) is 2.17. The van der Waals surface area contributed by atoms with Crippen LogP contribution in [0.25, 0.3) is 0 Å². The molecule has 0 bridgehead atoms. The van der Waals surface area contributed by atoms with E-state index in [9.17, 15) is 0 Å². The average molecular weight is 242 g/mol. The van der Waals surface area contributed by atoms with Gasteiger partial charge in [0.25, 0.3) is 0 Å². The molecule has 1 nitrogen and oxygen atoms in total. The summed E-state index contributed by atoms with van der Waals surface area (Å²) in [7, 11) is 0. The van der Waals surface area contributed by atoms with E-state index < -0.39 is 0 Å². The normalized spacial score (nSPS) is 12.9. The van der Waals surface area contributed by atoms with Crippen molar-refractivity contribution in [3.05, 3.63) is 33.8 Å². The molecule has 0 unspecified atom stereocenters. The fraction of sp³-hybridized carbons (Fsp3) is 0.455. The molecule has 72 valence electrons. The molecule has 0 saturated heterocycles. The number of nitrogens with two attached hydrogens (primary N) is 1. The van der Waals surface area contributed by atoms with Gasteiger partial charge in [0.15, 0.2) is 0 Å². The Kier molecular flexibility index (Phi) is 3.94. The van der Waals surface area contributed by atoms with Crippen LogP contribution in [0.15, 0.2) is 22.7 Å². The summed E-state index contributed by atoms with van der Waals surface area (Å²) in [6, 6.07) is 6.70. The van der Waals surface area contributed by atoms with E-state index in [0.29, 0.717) is 6.04 Å². The maximum absolute atomic E-state index is 5.71. The van der Waals surface area contributed by atoms with Gasteiger partial charge in [0.1, 0.15) is 0 Å². The first-order valence-electron chi connectivity index (χ1n) is 4.60. The third-order valence-corrected chi connectivity index (χ3v) is 2.67. The van der Waals surface area contributed by atoms with Crippen molar-refractivity contribution in [2.24, 2.45) is 5.73 Å². The lowest BCUT2D eigenvalue weighted by molar-refractivity contribution is 0.664. The SMILES string of the molecule is Cc1cc(Br)ccc1CC[C@H](C)N. The van der Waals surface area contributed by atoms with Gasteiger partial charge in [-0.15, -0.1) is 0 Å². The van der Waals surface area contributed by atoms with E-state index >= 15 is 0 Å². The minimum absolute atomic E-state index is 0.294. The van der Waals surface area contributed by atoms with Gasteiger partial charge >= 0.3 is 0 Å². The highest BCUT2D eigenvalue weighted by molar-refractivity contribution is 9.10. The summed E-state index contributed by atoms with van der Waals surface area (Å²) in [6.07, 6.45) is 2.14. The summed E-state index contributed by atoms with van der Waals surface area (Å²) < 4.78 is 1.15. The van der Waals surface area contributed by atoms with Gasteiger partial charge in [-0.2, -0.15) is 0 Å². The van der Waals surface area contributed by atoms with Gasteiger partial charge < -0.3 is 5.73 Å². The molecule has 1 aromatic rings. The van der Waals surface area contributed by atoms with Gasteiger partial charge in [-0.05, 0) is 49.9 Å². The Balaban J connectivity index is 2.67. The molecule has 1 atom stereocenters. The monoisotopic (exact) mass is 241 g/mol. The van der Waals surface area contributed by atoms with Gasteiger partial charge in [0, 0.05) is 10.5 Å². The van der Waals surface area contributed by atoms with Crippen LogP contribution in [0.2, 0.25) is 0 Å². The lowest BCUT2D eigenvalue weighted by Crippen LogP contribution is -2.15. The highest BCUT2D eigenvalue weighted by Gasteiger charge is 2.00. The highest BCUT2D eigenvalue weighted by Crippen LogP contribution is 2.17. The van der Waals surface area contributed by atoms with Crippen LogP contribution in [-0.4, -0.2) is 6.04 Å². The van der Waals surface area contributed by atoms with Crippen LogP contribution in [0, 0.1) is 6.92 Å². The van der Waals surface area contributed by atoms with E-state index in [-0.39, 0.29) is 0 Å². The molecule has 0 spiro atoms. The fourth-order valence-corrected chi connectivity index (χ4v) is 1.80. The second kappa shape index (κ2) is 4.77. The topological polar surface area (TPSA) is 26.0 Å². The molecular weight excluding hydrogens is 226 g/mol. The van der Waals surface area contributed by atoms with Crippen LogP contribution >= 0.6 is 15.9 Å². The molecule has 0 aliphatic heterocycles. The summed E-state index contributed by atoms with van der Waals surface area (Å²) in [5, 5.41) is 0. The van der Waals surface area contributed by atoms with Crippen LogP contribution in [0.5, 0.6) is 0 Å². The van der Waals surface area contributed by atoms with E-state index in [4.69, 9.17) is 5.73 Å². The van der Waals surface area contributed by atoms with Gasteiger partial charge in [-0.25, -0.2) is 0 Å². The van der Waals surface area contributed by atoms with Gasteiger partial charge in [0.2, 0.25) is 0 Å². The molecule has 1 aromatic carbocycles. The summed E-state index contributed by atoms with van der Waals surface area (Å²) in [5.74, 6) is 0. The molecule has 0 radical (unpaired) electrons. The van der Waals surface area contributed by atoms with Crippen molar-refractivity contribution in [1.29, 1.82) is 0 Å². The summed E-state index contributed by atoms with van der Waals surface area (Å²) in [5.41, 5.74) is 8.46. The molecular formula is C11H16BrN. The van der Waals surface area contributed by atoms with Crippen molar-refractivity contribution in [2.75, 3.05) is 0 Å². The van der Waals surface area contributed by atoms with Crippen LogP contribution in [0.4, 0.5) is 0 Å². The standard InChI is InChI=1S/C11H16BrN/c1-8-7-11(12)6-5-10(8)4-3-9(2)13/h5-7,9H,3-4,13H2,1-2H3/t9-/m0/s1. The van der Waals surface area contributed by atoms with Crippen molar-refractivity contribution >= 4 is 15.9 Å². The number of hydrogen-bond acceptors (Lipinski definition) is 1. The molecule has 0 heterocycles. The van der Waals surface area contributed by atoms with Crippen molar-refractivity contribution in [3.63, 3.8) is 0 Å². The fourth-order valence-electron chi connectivity index (χ4n) is 1.32. The van der Waals surface area contributed by atoms with Gasteiger partial charge in [-0.3, -0.25) is 0 Å². The molecule has 1 rings (SSSR count). The molecule has 0 fully saturated rings. The van der Waals surface area contributed by atoms with E-state index in [2.05, 4.69) is 41.1 Å². The Labute approximate surface area is 88.5 Å². The predicted molar refractivity (Wildman–Crippen MR) is 60.8 cm³/mol. The Bertz CT molecular complexity index is 281. The van der Waals surface area contributed by atoms with E-state index in [1.165, 1.54) is 11.1 Å². The molecule has 0 amide bonds. The van der Waals surface area contributed by atoms with Crippen molar-refractivity contribution < 1.29 is 0 Å². The Morgan fingerprint density at radius 2 is 2.15 bits per heavy atom. The highest BCUT2D eigenvalue weighted by atomic mass is 79.9. The molecule has 2 N–H and O–H groups in total. The summed E-state index contributed by atoms with van der Waals surface area (Å²) in [6.45, 7) is 4.19. The number of halogens is 1. The molecule has 13 heavy (non-hydrogen) atoms. The third kappa shape index (κ3) is 3.49. The molecule has 0 aromatic heterocycles. The first-order valence-corrected chi connectivity index (χ1v) is 5.39. The van der Waals surface area contributed by atoms with Crippen LogP contribution < -0.4 is 5.73 Å². The number of rotatable bonds is 3. The lowest BCUT2D eigenvalue weighted by atomic mass is 10.0. The van der Waals surface area contributed by atoms with Crippen molar-refractivity contribution in [2.45, 2.75) is 32.7 Å². The molecule has 0 aliphatic carbocycles. The molecule has 0 saturated carbocycles. The zero-order chi connectivity index (χ0) is 9.84. The summed E-state index contributed by atoms with van der Waals surface area (Å²) in [4.78, 5) is 0. The largest absolute Gasteiger partial charge is 0.328 e. The minimum Gasteiger partial charge on any atom is -0.328 e. The van der Waals surface area contributed by atoms with E-state index in [1.807, 2.05) is 6.92 Å². The Hall–Kier alpha value is -0.340. The van der Waals surface area contributed by atoms with Crippen LogP contribution in [0.3, 0.4) is 0 Å². The van der Waals surface area contributed by atoms with E-state index in [1.54, 1.807) is 0 Å². The number of hydrogen-bond donors (Lipinski definition) is 1. The van der Waals surface area contributed by atoms with Gasteiger partial charge in [-0.1, -0.05) is 22.0 Å². The second-order valence-corrected chi connectivity index (χ2v) is 4.50. The van der Waals surface area contributed by atoms with Crippen molar-refractivity contribution in [1.82, 2.24) is 0 Å². The maximum atomic E-state index is 5.71. The smallest absolute Gasteiger partial charge is 0.0178 e. The lowest BCUT2D eigenvalue weighted by Gasteiger charge is -2.08. The molecule has 2 heteroatoms. The number of benzene rings is 1. The number of aryl methyl sites for hydroxylation is 2.